The molecule has 0 aliphatic heterocycles. The predicted octanol–water partition coefficient (Wildman–Crippen LogP) is 4.69. The fourth-order valence-electron chi connectivity index (χ4n) is 2.50. The number of hydrogen-bond acceptors (Lipinski definition) is 2. The van der Waals surface area contributed by atoms with E-state index in [0.717, 1.165) is 24.5 Å². The molecule has 1 aliphatic carbocycles. The SMILES string of the molecule is CNc1ccc(C(F)(F)F)c(-c2ccccc2C2CC2)n1. The smallest absolute Gasteiger partial charge is 0.373 e. The lowest BCUT2D eigenvalue weighted by Crippen LogP contribution is -2.10. The third kappa shape index (κ3) is 2.73. The Kier molecular flexibility index (Phi) is 3.35. The minimum Gasteiger partial charge on any atom is -0.373 e. The molecule has 1 heterocycles. The number of benzene rings is 1. The molecule has 1 N–H and O–H groups in total. The van der Waals surface area contributed by atoms with Crippen molar-refractivity contribution in [3.63, 3.8) is 0 Å². The number of anilines is 1. The van der Waals surface area contributed by atoms with Gasteiger partial charge in [0, 0.05) is 12.6 Å². The topological polar surface area (TPSA) is 24.9 Å². The van der Waals surface area contributed by atoms with Gasteiger partial charge in [0.05, 0.1) is 11.3 Å². The molecule has 1 saturated carbocycles. The molecule has 1 aliphatic rings. The Bertz CT molecular complexity index is 661. The molecule has 2 aromatic rings. The van der Waals surface area contributed by atoms with Crippen LogP contribution in [0.15, 0.2) is 36.4 Å². The number of halogens is 3. The third-order valence-corrected chi connectivity index (χ3v) is 3.69. The standard InChI is InChI=1S/C16H15F3N2/c1-20-14-9-8-13(16(17,18)19)15(21-14)12-5-3-2-4-11(12)10-6-7-10/h2-5,8-10H,6-7H2,1H3,(H,20,21). The average molecular weight is 292 g/mol. The van der Waals surface area contributed by atoms with Gasteiger partial charge in [0.25, 0.3) is 0 Å². The minimum absolute atomic E-state index is 0.0110. The van der Waals surface area contributed by atoms with Gasteiger partial charge in [-0.15, -0.1) is 0 Å². The van der Waals surface area contributed by atoms with E-state index in [2.05, 4.69) is 10.3 Å². The predicted molar refractivity (Wildman–Crippen MR) is 76.2 cm³/mol. The number of nitrogens with one attached hydrogen (secondary N) is 1. The Morgan fingerprint density at radius 1 is 1.10 bits per heavy atom. The molecule has 21 heavy (non-hydrogen) atoms. The molecule has 0 bridgehead atoms. The third-order valence-electron chi connectivity index (χ3n) is 3.69. The summed E-state index contributed by atoms with van der Waals surface area (Å²) in [6.45, 7) is 0. The fraction of sp³-hybridized carbons (Fsp3) is 0.312. The number of rotatable bonds is 3. The van der Waals surface area contributed by atoms with Gasteiger partial charge in [0.15, 0.2) is 0 Å². The largest absolute Gasteiger partial charge is 0.418 e. The van der Waals surface area contributed by atoms with Gasteiger partial charge in [0.2, 0.25) is 0 Å². The Balaban J connectivity index is 2.21. The first-order valence-electron chi connectivity index (χ1n) is 6.86. The molecule has 0 saturated heterocycles. The maximum atomic E-state index is 13.3. The Labute approximate surface area is 121 Å². The normalized spacial score (nSPS) is 15.0. The van der Waals surface area contributed by atoms with E-state index in [1.165, 1.54) is 6.07 Å². The first-order valence-corrected chi connectivity index (χ1v) is 6.86. The van der Waals surface area contributed by atoms with E-state index < -0.39 is 11.7 Å². The van der Waals surface area contributed by atoms with E-state index >= 15 is 0 Å². The van der Waals surface area contributed by atoms with Crippen molar-refractivity contribution in [3.8, 4) is 11.3 Å². The van der Waals surface area contributed by atoms with Crippen molar-refractivity contribution in [2.45, 2.75) is 24.9 Å². The van der Waals surface area contributed by atoms with Crippen molar-refractivity contribution in [2.75, 3.05) is 12.4 Å². The second-order valence-corrected chi connectivity index (χ2v) is 5.20. The maximum absolute atomic E-state index is 13.3. The summed E-state index contributed by atoms with van der Waals surface area (Å²) in [5.41, 5.74) is 0.875. The molecule has 2 nitrogen and oxygen atoms in total. The lowest BCUT2D eigenvalue weighted by Gasteiger charge is -2.16. The average Bonchev–Trinajstić information content (AvgIpc) is 3.30. The molecule has 5 heteroatoms. The molecule has 1 aromatic heterocycles. The molecule has 0 unspecified atom stereocenters. The monoisotopic (exact) mass is 292 g/mol. The van der Waals surface area contributed by atoms with Crippen molar-refractivity contribution in [2.24, 2.45) is 0 Å². The highest BCUT2D eigenvalue weighted by Crippen LogP contribution is 2.46. The Hall–Kier alpha value is -2.04. The van der Waals surface area contributed by atoms with Crippen LogP contribution in [0.2, 0.25) is 0 Å². The van der Waals surface area contributed by atoms with Crippen LogP contribution in [0.25, 0.3) is 11.3 Å². The molecule has 3 rings (SSSR count). The van der Waals surface area contributed by atoms with Gasteiger partial charge in [-0.1, -0.05) is 24.3 Å². The highest BCUT2D eigenvalue weighted by atomic mass is 19.4. The lowest BCUT2D eigenvalue weighted by atomic mass is 9.97. The first kappa shape index (κ1) is 13.9. The van der Waals surface area contributed by atoms with Crippen molar-refractivity contribution in [1.82, 2.24) is 4.98 Å². The van der Waals surface area contributed by atoms with Gasteiger partial charge in [0.1, 0.15) is 5.82 Å². The van der Waals surface area contributed by atoms with Crippen LogP contribution in [-0.2, 0) is 6.18 Å². The Morgan fingerprint density at radius 3 is 2.43 bits per heavy atom. The van der Waals surface area contributed by atoms with Crippen LogP contribution >= 0.6 is 0 Å². The number of hydrogen-bond donors (Lipinski definition) is 1. The van der Waals surface area contributed by atoms with Crippen LogP contribution in [0.5, 0.6) is 0 Å². The van der Waals surface area contributed by atoms with E-state index in [4.69, 9.17) is 0 Å². The molecule has 1 fully saturated rings. The summed E-state index contributed by atoms with van der Waals surface area (Å²) >= 11 is 0. The molecule has 0 radical (unpaired) electrons. The second-order valence-electron chi connectivity index (χ2n) is 5.20. The zero-order valence-corrected chi connectivity index (χ0v) is 11.5. The summed E-state index contributed by atoms with van der Waals surface area (Å²) in [7, 11) is 1.65. The number of aromatic nitrogens is 1. The van der Waals surface area contributed by atoms with Crippen molar-refractivity contribution in [3.05, 3.63) is 47.5 Å². The Morgan fingerprint density at radius 2 is 1.81 bits per heavy atom. The number of alkyl halides is 3. The summed E-state index contributed by atoms with van der Waals surface area (Å²) in [5, 5.41) is 2.80. The second kappa shape index (κ2) is 5.06. The molecule has 110 valence electrons. The van der Waals surface area contributed by atoms with Crippen LogP contribution < -0.4 is 5.32 Å². The van der Waals surface area contributed by atoms with Crippen LogP contribution in [0.3, 0.4) is 0 Å². The summed E-state index contributed by atoms with van der Waals surface area (Å²) < 4.78 is 39.8. The number of pyridine rings is 1. The quantitative estimate of drug-likeness (QED) is 0.888. The fourth-order valence-corrected chi connectivity index (χ4v) is 2.50. The van der Waals surface area contributed by atoms with E-state index in [1.807, 2.05) is 12.1 Å². The maximum Gasteiger partial charge on any atom is 0.418 e. The van der Waals surface area contributed by atoms with Gasteiger partial charge in [-0.25, -0.2) is 4.98 Å². The van der Waals surface area contributed by atoms with Gasteiger partial charge in [-0.2, -0.15) is 13.2 Å². The van der Waals surface area contributed by atoms with Gasteiger partial charge < -0.3 is 5.32 Å². The van der Waals surface area contributed by atoms with Crippen LogP contribution in [0.1, 0.15) is 29.9 Å². The molecular weight excluding hydrogens is 277 g/mol. The van der Waals surface area contributed by atoms with Gasteiger partial charge >= 0.3 is 6.18 Å². The van der Waals surface area contributed by atoms with Crippen molar-refractivity contribution >= 4 is 5.82 Å². The van der Waals surface area contributed by atoms with Crippen LogP contribution in [0, 0.1) is 0 Å². The first-order chi connectivity index (χ1) is 10.0. The number of nitrogens with zero attached hydrogens (tertiary/aromatic N) is 1. The molecule has 0 spiro atoms. The van der Waals surface area contributed by atoms with E-state index in [-0.39, 0.29) is 5.69 Å². The minimum atomic E-state index is -4.41. The molecular formula is C16H15F3N2. The molecule has 1 aromatic carbocycles. The van der Waals surface area contributed by atoms with Crippen molar-refractivity contribution < 1.29 is 13.2 Å². The zero-order chi connectivity index (χ0) is 15.0. The van der Waals surface area contributed by atoms with Crippen LogP contribution in [-0.4, -0.2) is 12.0 Å². The lowest BCUT2D eigenvalue weighted by molar-refractivity contribution is -0.137. The zero-order valence-electron chi connectivity index (χ0n) is 11.5. The van der Waals surface area contributed by atoms with E-state index in [9.17, 15) is 13.2 Å². The highest BCUT2D eigenvalue weighted by Gasteiger charge is 2.36. The van der Waals surface area contributed by atoms with Crippen LogP contribution in [0.4, 0.5) is 19.0 Å². The molecule has 0 atom stereocenters. The van der Waals surface area contributed by atoms with E-state index in [0.29, 0.717) is 17.3 Å². The summed E-state index contributed by atoms with van der Waals surface area (Å²) in [6, 6.07) is 9.71. The van der Waals surface area contributed by atoms with Crippen molar-refractivity contribution in [1.29, 1.82) is 0 Å². The van der Waals surface area contributed by atoms with Gasteiger partial charge in [-0.3, -0.25) is 0 Å². The summed E-state index contributed by atoms with van der Waals surface area (Å²) in [4.78, 5) is 4.17. The van der Waals surface area contributed by atoms with E-state index in [1.54, 1.807) is 19.2 Å². The summed E-state index contributed by atoms with van der Waals surface area (Å²) in [5.74, 6) is 0.797. The molecule has 0 amide bonds. The van der Waals surface area contributed by atoms with Gasteiger partial charge in [-0.05, 0) is 36.5 Å². The highest BCUT2D eigenvalue weighted by molar-refractivity contribution is 5.70. The summed E-state index contributed by atoms with van der Waals surface area (Å²) in [6.07, 6.45) is -2.35.